The third kappa shape index (κ3) is 5.83. The molecule has 0 spiro atoms. The van der Waals surface area contributed by atoms with Crippen LogP contribution in [0.15, 0.2) is 24.4 Å². The summed E-state index contributed by atoms with van der Waals surface area (Å²) in [4.78, 5) is 5.20. The molecule has 0 radical (unpaired) electrons. The van der Waals surface area contributed by atoms with Crippen molar-refractivity contribution < 1.29 is 4.74 Å². The number of H-pyrrole nitrogens is 1. The molecule has 2 fully saturated rings. The van der Waals surface area contributed by atoms with E-state index in [9.17, 15) is 0 Å². The van der Waals surface area contributed by atoms with Crippen molar-refractivity contribution in [3.8, 4) is 11.3 Å². The number of hydrogen-bond acceptors (Lipinski definition) is 5. The minimum absolute atomic E-state index is 0. The van der Waals surface area contributed by atoms with Gasteiger partial charge in [0.05, 0.1) is 25.1 Å². The Balaban J connectivity index is 0.00000256. The van der Waals surface area contributed by atoms with Crippen LogP contribution in [0.3, 0.4) is 0 Å². The molecule has 4 rings (SSSR count). The van der Waals surface area contributed by atoms with Crippen molar-refractivity contribution in [2.75, 3.05) is 52.5 Å². The molecule has 3 heterocycles. The second kappa shape index (κ2) is 11.3. The lowest BCUT2D eigenvalue weighted by Gasteiger charge is -2.36. The van der Waals surface area contributed by atoms with E-state index in [-0.39, 0.29) is 12.4 Å². The molecule has 0 saturated carbocycles. The molecule has 2 N–H and O–H groups in total. The summed E-state index contributed by atoms with van der Waals surface area (Å²) in [7, 11) is 0. The standard InChI is InChI=1S/C23H35N5O.ClH/c1-18-5-6-20(14-19(18)2)23-21(15-25-26-23)17-28(22-4-3-7-24-16-22)9-8-27-10-12-29-13-11-27;/h5-6,14-15,22,24H,3-4,7-13,16-17H2,1-2H3,(H,25,26);1H. The predicted molar refractivity (Wildman–Crippen MR) is 124 cm³/mol. The molecule has 2 saturated heterocycles. The topological polar surface area (TPSA) is 56.4 Å². The number of piperidine rings is 1. The maximum Gasteiger partial charge on any atom is 0.0695 e. The van der Waals surface area contributed by atoms with Crippen molar-refractivity contribution in [2.24, 2.45) is 0 Å². The van der Waals surface area contributed by atoms with Crippen LogP contribution in [0, 0.1) is 13.8 Å². The van der Waals surface area contributed by atoms with Crippen molar-refractivity contribution in [1.29, 1.82) is 0 Å². The molecule has 2 aliphatic heterocycles. The number of rotatable bonds is 7. The zero-order valence-corrected chi connectivity index (χ0v) is 19.1. The molecule has 1 aromatic carbocycles. The summed E-state index contributed by atoms with van der Waals surface area (Å²) < 4.78 is 5.51. The third-order valence-corrected chi connectivity index (χ3v) is 6.48. The highest BCUT2D eigenvalue weighted by Crippen LogP contribution is 2.25. The number of aromatic amines is 1. The van der Waals surface area contributed by atoms with Crippen LogP contribution in [0.4, 0.5) is 0 Å². The van der Waals surface area contributed by atoms with Gasteiger partial charge < -0.3 is 10.1 Å². The van der Waals surface area contributed by atoms with E-state index in [0.717, 1.165) is 64.7 Å². The van der Waals surface area contributed by atoms with Crippen molar-refractivity contribution in [1.82, 2.24) is 25.3 Å². The van der Waals surface area contributed by atoms with Crippen LogP contribution in [-0.4, -0.2) is 78.5 Å². The molecule has 0 amide bonds. The highest BCUT2D eigenvalue weighted by atomic mass is 35.5. The second-order valence-corrected chi connectivity index (χ2v) is 8.49. The average molecular weight is 434 g/mol. The van der Waals surface area contributed by atoms with E-state index in [1.807, 2.05) is 6.20 Å². The smallest absolute Gasteiger partial charge is 0.0695 e. The summed E-state index contributed by atoms with van der Waals surface area (Å²) in [5, 5.41) is 11.3. The Bertz CT molecular complexity index is 784. The molecule has 1 atom stereocenters. The summed E-state index contributed by atoms with van der Waals surface area (Å²) in [5.74, 6) is 0. The van der Waals surface area contributed by atoms with E-state index in [0.29, 0.717) is 6.04 Å². The van der Waals surface area contributed by atoms with E-state index in [2.05, 4.69) is 57.4 Å². The van der Waals surface area contributed by atoms with Crippen LogP contribution in [0.1, 0.15) is 29.5 Å². The van der Waals surface area contributed by atoms with E-state index < -0.39 is 0 Å². The van der Waals surface area contributed by atoms with Crippen molar-refractivity contribution in [3.63, 3.8) is 0 Å². The first-order valence-electron chi connectivity index (χ1n) is 11.1. The lowest BCUT2D eigenvalue weighted by atomic mass is 10.0. The number of aryl methyl sites for hydroxylation is 2. The molecule has 1 aromatic heterocycles. The molecule has 0 bridgehead atoms. The van der Waals surface area contributed by atoms with Crippen LogP contribution in [0.25, 0.3) is 11.3 Å². The number of benzene rings is 1. The summed E-state index contributed by atoms with van der Waals surface area (Å²) in [6, 6.07) is 7.27. The monoisotopic (exact) mass is 433 g/mol. The summed E-state index contributed by atoms with van der Waals surface area (Å²) in [6.07, 6.45) is 4.55. The molecule has 166 valence electrons. The van der Waals surface area contributed by atoms with Gasteiger partial charge in [-0.2, -0.15) is 5.10 Å². The number of halogens is 1. The van der Waals surface area contributed by atoms with Gasteiger partial charge in [-0.25, -0.2) is 0 Å². The third-order valence-electron chi connectivity index (χ3n) is 6.48. The van der Waals surface area contributed by atoms with Crippen LogP contribution in [0.5, 0.6) is 0 Å². The van der Waals surface area contributed by atoms with Gasteiger partial charge in [0.2, 0.25) is 0 Å². The first-order valence-corrected chi connectivity index (χ1v) is 11.1. The van der Waals surface area contributed by atoms with Gasteiger partial charge >= 0.3 is 0 Å². The van der Waals surface area contributed by atoms with Gasteiger partial charge in [-0.1, -0.05) is 12.1 Å². The lowest BCUT2D eigenvalue weighted by molar-refractivity contribution is 0.0290. The zero-order chi connectivity index (χ0) is 20.1. The van der Waals surface area contributed by atoms with Crippen molar-refractivity contribution in [3.05, 3.63) is 41.1 Å². The molecular formula is C23H36ClN5O. The highest BCUT2D eigenvalue weighted by Gasteiger charge is 2.23. The Kier molecular flexibility index (Phi) is 8.72. The highest BCUT2D eigenvalue weighted by molar-refractivity contribution is 5.85. The van der Waals surface area contributed by atoms with Crippen molar-refractivity contribution >= 4 is 12.4 Å². The van der Waals surface area contributed by atoms with Gasteiger partial charge in [-0.3, -0.25) is 14.9 Å². The second-order valence-electron chi connectivity index (χ2n) is 8.49. The fourth-order valence-electron chi connectivity index (χ4n) is 4.43. The molecule has 7 heteroatoms. The van der Waals surface area contributed by atoms with Crippen molar-refractivity contribution in [2.45, 2.75) is 39.3 Å². The summed E-state index contributed by atoms with van der Waals surface area (Å²) >= 11 is 0. The van der Waals surface area contributed by atoms with Gasteiger partial charge in [-0.15, -0.1) is 12.4 Å². The quantitative estimate of drug-likeness (QED) is 0.703. The minimum Gasteiger partial charge on any atom is -0.379 e. The molecule has 0 aliphatic carbocycles. The van der Waals surface area contributed by atoms with Crippen LogP contribution >= 0.6 is 12.4 Å². The van der Waals surface area contributed by atoms with Crippen LogP contribution < -0.4 is 5.32 Å². The van der Waals surface area contributed by atoms with E-state index in [1.165, 1.54) is 35.1 Å². The maximum atomic E-state index is 5.51. The Morgan fingerprint density at radius 3 is 2.77 bits per heavy atom. The van der Waals surface area contributed by atoms with Crippen LogP contribution in [0.2, 0.25) is 0 Å². The lowest BCUT2D eigenvalue weighted by Crippen LogP contribution is -2.49. The summed E-state index contributed by atoms with van der Waals surface area (Å²) in [6.45, 7) is 13.5. The Labute approximate surface area is 186 Å². The van der Waals surface area contributed by atoms with E-state index >= 15 is 0 Å². The number of aromatic nitrogens is 2. The first kappa shape index (κ1) is 23.2. The number of ether oxygens (including phenoxy) is 1. The Hall–Kier alpha value is -1.44. The Morgan fingerprint density at radius 2 is 2.03 bits per heavy atom. The Morgan fingerprint density at radius 1 is 1.20 bits per heavy atom. The van der Waals surface area contributed by atoms with E-state index in [1.54, 1.807) is 0 Å². The van der Waals surface area contributed by atoms with Crippen LogP contribution in [-0.2, 0) is 11.3 Å². The minimum atomic E-state index is 0. The number of nitrogens with zero attached hydrogens (tertiary/aromatic N) is 3. The number of hydrogen-bond donors (Lipinski definition) is 2. The predicted octanol–water partition coefficient (Wildman–Crippen LogP) is 3.00. The molecule has 6 nitrogen and oxygen atoms in total. The molecular weight excluding hydrogens is 398 g/mol. The van der Waals surface area contributed by atoms with Gasteiger partial charge in [0.1, 0.15) is 0 Å². The van der Waals surface area contributed by atoms with Gasteiger partial charge in [0.25, 0.3) is 0 Å². The largest absolute Gasteiger partial charge is 0.379 e. The SMILES string of the molecule is Cc1ccc(-c2[nH]ncc2CN(CCN2CCOCC2)C2CCCNC2)cc1C.Cl. The first-order chi connectivity index (χ1) is 14.2. The maximum absolute atomic E-state index is 5.51. The summed E-state index contributed by atoms with van der Waals surface area (Å²) in [5.41, 5.74) is 6.34. The molecule has 30 heavy (non-hydrogen) atoms. The molecule has 1 unspecified atom stereocenters. The van der Waals surface area contributed by atoms with Gasteiger partial charge in [-0.05, 0) is 50.4 Å². The van der Waals surface area contributed by atoms with E-state index in [4.69, 9.17) is 4.74 Å². The molecule has 2 aromatic rings. The molecule has 2 aliphatic rings. The normalized spacial score (nSPS) is 20.3. The van der Waals surface area contributed by atoms with Gasteiger partial charge in [0.15, 0.2) is 0 Å². The average Bonchev–Trinajstić information content (AvgIpc) is 3.22. The number of nitrogens with one attached hydrogen (secondary N) is 2. The zero-order valence-electron chi connectivity index (χ0n) is 18.3. The fraction of sp³-hybridized carbons (Fsp3) is 0.609. The number of morpholine rings is 1. The van der Waals surface area contributed by atoms with Gasteiger partial charge in [0, 0.05) is 56.4 Å². The fourth-order valence-corrected chi connectivity index (χ4v) is 4.43.